The molecule has 0 saturated carbocycles. The number of carboxylic acids is 1. The number of carboxylic acid groups (broad SMARTS) is 1. The second kappa shape index (κ2) is 8.81. The molecule has 2 aromatic carbocycles. The van der Waals surface area contributed by atoms with Crippen molar-refractivity contribution in [3.05, 3.63) is 59.5 Å². The number of aliphatic hydroxyl groups excluding tert-OH is 2. The summed E-state index contributed by atoms with van der Waals surface area (Å²) in [5, 5.41) is 30.3. The van der Waals surface area contributed by atoms with Crippen LogP contribution in [0.1, 0.15) is 49.9 Å². The van der Waals surface area contributed by atoms with Gasteiger partial charge in [-0.25, -0.2) is 4.39 Å². The topological polar surface area (TPSA) is 82.7 Å². The lowest BCUT2D eigenvalue weighted by molar-refractivity contribution is -0.139. The van der Waals surface area contributed by atoms with Crippen LogP contribution < -0.4 is 0 Å². The maximum atomic E-state index is 13.6. The summed E-state index contributed by atoms with van der Waals surface area (Å²) in [6, 6.07) is 13.1. The molecule has 31 heavy (non-hydrogen) atoms. The standard InChI is InChI=1S/C25H28FNO4/c1-15-5-6-17-3-2-4-21-24(16-7-9-18(26)10-8-16)22(27(15)25(17)21)12-11-19(28)13-20(29)14-23(30)31/h2-4,7-10,15,19-20,28-29H,5-6,11-14H2,1H3,(H,30,31). The Labute approximate surface area is 180 Å². The quantitative estimate of drug-likeness (QED) is 0.497. The molecule has 1 aliphatic heterocycles. The molecule has 1 aliphatic rings. The van der Waals surface area contributed by atoms with Gasteiger partial charge < -0.3 is 19.9 Å². The van der Waals surface area contributed by atoms with Gasteiger partial charge >= 0.3 is 5.97 Å². The number of aryl methyl sites for hydroxylation is 1. The molecule has 0 bridgehead atoms. The largest absolute Gasteiger partial charge is 0.481 e. The molecule has 3 unspecified atom stereocenters. The van der Waals surface area contributed by atoms with Crippen molar-refractivity contribution >= 4 is 16.9 Å². The zero-order valence-electron chi connectivity index (χ0n) is 17.6. The van der Waals surface area contributed by atoms with Gasteiger partial charge in [-0.3, -0.25) is 4.79 Å². The highest BCUT2D eigenvalue weighted by atomic mass is 19.1. The Balaban J connectivity index is 1.72. The number of aliphatic carboxylic acids is 1. The number of carbonyl (C=O) groups is 1. The Morgan fingerprint density at radius 1 is 1.16 bits per heavy atom. The number of aromatic nitrogens is 1. The summed E-state index contributed by atoms with van der Waals surface area (Å²) in [6.45, 7) is 2.19. The summed E-state index contributed by atoms with van der Waals surface area (Å²) < 4.78 is 15.9. The molecule has 4 rings (SSSR count). The smallest absolute Gasteiger partial charge is 0.305 e. The fourth-order valence-corrected chi connectivity index (χ4v) is 4.87. The molecule has 2 heterocycles. The SMILES string of the molecule is CC1CCc2cccc3c(-c4ccc(F)cc4)c(CCC(O)CC(O)CC(=O)O)n1c23. The summed E-state index contributed by atoms with van der Waals surface area (Å²) in [4.78, 5) is 10.8. The van der Waals surface area contributed by atoms with Crippen molar-refractivity contribution in [3.63, 3.8) is 0 Å². The van der Waals surface area contributed by atoms with Crippen LogP contribution in [0.25, 0.3) is 22.0 Å². The number of halogens is 1. The molecule has 3 atom stereocenters. The van der Waals surface area contributed by atoms with Gasteiger partial charge in [0, 0.05) is 22.7 Å². The maximum absolute atomic E-state index is 13.6. The van der Waals surface area contributed by atoms with Crippen LogP contribution >= 0.6 is 0 Å². The first kappa shape index (κ1) is 21.5. The minimum Gasteiger partial charge on any atom is -0.481 e. The number of rotatable bonds is 8. The summed E-state index contributed by atoms with van der Waals surface area (Å²) in [5.74, 6) is -1.36. The Morgan fingerprint density at radius 2 is 1.90 bits per heavy atom. The highest BCUT2D eigenvalue weighted by Gasteiger charge is 2.27. The number of benzene rings is 2. The van der Waals surface area contributed by atoms with Gasteiger partial charge in [0.05, 0.1) is 24.1 Å². The number of hydrogen-bond acceptors (Lipinski definition) is 3. The molecule has 3 N–H and O–H groups in total. The predicted octanol–water partition coefficient (Wildman–Crippen LogP) is 4.47. The van der Waals surface area contributed by atoms with Gasteiger partial charge in [-0.2, -0.15) is 0 Å². The molecule has 1 aromatic heterocycles. The zero-order chi connectivity index (χ0) is 22.1. The third-order valence-corrected chi connectivity index (χ3v) is 6.28. The molecule has 0 saturated heterocycles. The van der Waals surface area contributed by atoms with Gasteiger partial charge in [-0.1, -0.05) is 30.3 Å². The van der Waals surface area contributed by atoms with E-state index in [9.17, 15) is 19.4 Å². The molecule has 0 amide bonds. The number of para-hydroxylation sites is 1. The lowest BCUT2D eigenvalue weighted by Gasteiger charge is -2.25. The fourth-order valence-electron chi connectivity index (χ4n) is 4.87. The molecule has 5 nitrogen and oxygen atoms in total. The summed E-state index contributed by atoms with van der Waals surface area (Å²) in [5.41, 5.74) is 5.59. The maximum Gasteiger partial charge on any atom is 0.305 e. The molecular formula is C25H28FNO4. The fraction of sp³-hybridized carbons (Fsp3) is 0.400. The molecule has 3 aromatic rings. The van der Waals surface area contributed by atoms with E-state index in [1.165, 1.54) is 23.2 Å². The van der Waals surface area contributed by atoms with E-state index >= 15 is 0 Å². The van der Waals surface area contributed by atoms with Crippen LogP contribution in [0.3, 0.4) is 0 Å². The number of aliphatic hydroxyl groups is 2. The summed E-state index contributed by atoms with van der Waals surface area (Å²) >= 11 is 0. The first-order chi connectivity index (χ1) is 14.8. The van der Waals surface area contributed by atoms with Gasteiger partial charge in [-0.15, -0.1) is 0 Å². The molecule has 0 radical (unpaired) electrons. The van der Waals surface area contributed by atoms with Crippen molar-refractivity contribution in [2.24, 2.45) is 0 Å². The van der Waals surface area contributed by atoms with E-state index in [4.69, 9.17) is 5.11 Å². The first-order valence-electron chi connectivity index (χ1n) is 10.8. The average Bonchev–Trinajstić information content (AvgIpc) is 3.05. The third-order valence-electron chi connectivity index (χ3n) is 6.28. The van der Waals surface area contributed by atoms with Crippen molar-refractivity contribution in [2.45, 2.75) is 63.7 Å². The number of nitrogens with zero attached hydrogens (tertiary/aromatic N) is 1. The van der Waals surface area contributed by atoms with Gasteiger partial charge in [0.25, 0.3) is 0 Å². The Morgan fingerprint density at radius 3 is 2.61 bits per heavy atom. The van der Waals surface area contributed by atoms with E-state index in [2.05, 4.69) is 29.7 Å². The van der Waals surface area contributed by atoms with Crippen LogP contribution in [0.2, 0.25) is 0 Å². The molecule has 164 valence electrons. The highest BCUT2D eigenvalue weighted by Crippen LogP contribution is 2.42. The molecular weight excluding hydrogens is 397 g/mol. The first-order valence-corrected chi connectivity index (χ1v) is 10.8. The van der Waals surface area contributed by atoms with E-state index in [1.807, 2.05) is 0 Å². The van der Waals surface area contributed by atoms with Crippen molar-refractivity contribution < 1.29 is 24.5 Å². The minimum absolute atomic E-state index is 0.0270. The normalized spacial score (nSPS) is 17.6. The minimum atomic E-state index is -1.08. The van der Waals surface area contributed by atoms with E-state index in [1.54, 1.807) is 12.1 Å². The molecule has 6 heteroatoms. The molecule has 0 fully saturated rings. The molecule has 0 aliphatic carbocycles. The average molecular weight is 426 g/mol. The van der Waals surface area contributed by atoms with E-state index in [0.717, 1.165) is 35.0 Å². The van der Waals surface area contributed by atoms with E-state index in [-0.39, 0.29) is 18.7 Å². The predicted molar refractivity (Wildman–Crippen MR) is 118 cm³/mol. The monoisotopic (exact) mass is 425 g/mol. The lowest BCUT2D eigenvalue weighted by atomic mass is 9.96. The Bertz CT molecular complexity index is 1090. The van der Waals surface area contributed by atoms with Crippen LogP contribution in [-0.2, 0) is 17.6 Å². The third kappa shape index (κ3) is 4.36. The van der Waals surface area contributed by atoms with Crippen LogP contribution in [0.15, 0.2) is 42.5 Å². The van der Waals surface area contributed by atoms with Crippen molar-refractivity contribution in [1.29, 1.82) is 0 Å². The lowest BCUT2D eigenvalue weighted by Crippen LogP contribution is -2.22. The van der Waals surface area contributed by atoms with Crippen LogP contribution in [0, 0.1) is 5.82 Å². The van der Waals surface area contributed by atoms with Gasteiger partial charge in [0.2, 0.25) is 0 Å². The van der Waals surface area contributed by atoms with Gasteiger partial charge in [0.1, 0.15) is 5.82 Å². The summed E-state index contributed by atoms with van der Waals surface area (Å²) in [6.07, 6.45) is 0.789. The van der Waals surface area contributed by atoms with Gasteiger partial charge in [0.15, 0.2) is 0 Å². The Kier molecular flexibility index (Phi) is 6.12. The molecule has 0 spiro atoms. The second-order valence-corrected chi connectivity index (χ2v) is 8.58. The number of hydrogen-bond donors (Lipinski definition) is 3. The highest BCUT2D eigenvalue weighted by molar-refractivity contribution is 6.00. The van der Waals surface area contributed by atoms with Crippen LogP contribution in [0.5, 0.6) is 0 Å². The Hall–Kier alpha value is -2.70. The summed E-state index contributed by atoms with van der Waals surface area (Å²) in [7, 11) is 0. The van der Waals surface area contributed by atoms with Crippen molar-refractivity contribution in [1.82, 2.24) is 4.57 Å². The van der Waals surface area contributed by atoms with E-state index < -0.39 is 18.2 Å². The second-order valence-electron chi connectivity index (χ2n) is 8.58. The van der Waals surface area contributed by atoms with Gasteiger partial charge in [-0.05, 0) is 62.3 Å². The van der Waals surface area contributed by atoms with Crippen molar-refractivity contribution in [2.75, 3.05) is 0 Å². The van der Waals surface area contributed by atoms with Crippen LogP contribution in [-0.4, -0.2) is 38.1 Å². The van der Waals surface area contributed by atoms with Crippen molar-refractivity contribution in [3.8, 4) is 11.1 Å². The van der Waals surface area contributed by atoms with Crippen LogP contribution in [0.4, 0.5) is 4.39 Å². The zero-order valence-corrected chi connectivity index (χ0v) is 17.6. The van der Waals surface area contributed by atoms with E-state index in [0.29, 0.717) is 18.9 Å².